The van der Waals surface area contributed by atoms with E-state index in [4.69, 9.17) is 0 Å². The van der Waals surface area contributed by atoms with E-state index in [-0.39, 0.29) is 0 Å². The Hall–Kier alpha value is -0.920. The molecule has 3 rings (SSSR count). The summed E-state index contributed by atoms with van der Waals surface area (Å²) in [7, 11) is 0. The second-order valence-electron chi connectivity index (χ2n) is 9.03. The van der Waals surface area contributed by atoms with Gasteiger partial charge in [-0.15, -0.1) is 0 Å². The fraction of sp³-hybridized carbons (Fsp3) is 0.750. The number of hydrogen-bond acceptors (Lipinski definition) is 0. The van der Waals surface area contributed by atoms with E-state index in [2.05, 4.69) is 6.92 Å². The van der Waals surface area contributed by atoms with Gasteiger partial charge in [-0.1, -0.05) is 64.7 Å². The van der Waals surface area contributed by atoms with Crippen LogP contribution < -0.4 is 0 Å². The van der Waals surface area contributed by atoms with E-state index in [1.165, 1.54) is 82.8 Å². The van der Waals surface area contributed by atoms with E-state index >= 15 is 0 Å². The van der Waals surface area contributed by atoms with Crippen molar-refractivity contribution >= 4 is 0 Å². The molecule has 0 aromatic heterocycles. The monoisotopic (exact) mass is 362 g/mol. The number of unbranched alkanes of at least 4 members (excludes halogenated alkanes) is 1. The molecule has 0 aliphatic heterocycles. The highest BCUT2D eigenvalue weighted by atomic mass is 19.1. The Labute approximate surface area is 158 Å². The van der Waals surface area contributed by atoms with Crippen LogP contribution in [0.25, 0.3) is 0 Å². The Morgan fingerprint density at radius 1 is 0.692 bits per heavy atom. The second kappa shape index (κ2) is 9.85. The van der Waals surface area contributed by atoms with Crippen molar-refractivity contribution in [3.8, 4) is 0 Å². The van der Waals surface area contributed by atoms with Crippen molar-refractivity contribution in [2.45, 2.75) is 96.3 Å². The van der Waals surface area contributed by atoms with Crippen LogP contribution in [0.15, 0.2) is 18.2 Å². The first kappa shape index (κ1) is 19.8. The van der Waals surface area contributed by atoms with Crippen LogP contribution in [0, 0.1) is 29.4 Å². The van der Waals surface area contributed by atoms with Gasteiger partial charge in [0.2, 0.25) is 0 Å². The molecule has 0 amide bonds. The van der Waals surface area contributed by atoms with Gasteiger partial charge in [-0.25, -0.2) is 8.78 Å². The van der Waals surface area contributed by atoms with Crippen LogP contribution in [0.5, 0.6) is 0 Å². The second-order valence-corrected chi connectivity index (χ2v) is 9.03. The molecule has 2 fully saturated rings. The van der Waals surface area contributed by atoms with Crippen molar-refractivity contribution in [3.05, 3.63) is 35.4 Å². The molecule has 1 aromatic carbocycles. The Bertz CT molecular complexity index is 517. The number of hydrogen-bond donors (Lipinski definition) is 0. The van der Waals surface area contributed by atoms with Gasteiger partial charge >= 0.3 is 0 Å². The molecule has 2 saturated carbocycles. The molecule has 26 heavy (non-hydrogen) atoms. The predicted molar refractivity (Wildman–Crippen MR) is 105 cm³/mol. The fourth-order valence-electron chi connectivity index (χ4n) is 5.37. The summed E-state index contributed by atoms with van der Waals surface area (Å²) < 4.78 is 26.9. The molecule has 1 aromatic rings. The lowest BCUT2D eigenvalue weighted by Crippen LogP contribution is -2.18. The maximum Gasteiger partial charge on any atom is 0.126 e. The third-order valence-corrected chi connectivity index (χ3v) is 7.12. The summed E-state index contributed by atoms with van der Waals surface area (Å²) in [5.74, 6) is 2.29. The maximum absolute atomic E-state index is 13.4. The zero-order valence-corrected chi connectivity index (χ0v) is 16.5. The lowest BCUT2D eigenvalue weighted by molar-refractivity contribution is 0.222. The molecule has 0 N–H and O–H groups in total. The van der Waals surface area contributed by atoms with Gasteiger partial charge in [0.1, 0.15) is 11.6 Å². The third kappa shape index (κ3) is 5.79. The average Bonchev–Trinajstić information content (AvgIpc) is 2.65. The smallest absolute Gasteiger partial charge is 0.126 e. The number of halogens is 2. The third-order valence-electron chi connectivity index (χ3n) is 7.12. The first-order chi connectivity index (χ1) is 12.6. The van der Waals surface area contributed by atoms with Gasteiger partial charge in [-0.05, 0) is 67.1 Å². The highest BCUT2D eigenvalue weighted by molar-refractivity contribution is 5.22. The lowest BCUT2D eigenvalue weighted by atomic mass is 9.74. The van der Waals surface area contributed by atoms with Crippen LogP contribution in [-0.4, -0.2) is 0 Å². The molecule has 0 atom stereocenters. The van der Waals surface area contributed by atoms with E-state index in [9.17, 15) is 8.78 Å². The van der Waals surface area contributed by atoms with Crippen molar-refractivity contribution in [2.75, 3.05) is 0 Å². The fourth-order valence-corrected chi connectivity index (χ4v) is 5.37. The number of rotatable bonds is 7. The minimum Gasteiger partial charge on any atom is -0.207 e. The molecule has 2 aliphatic rings. The predicted octanol–water partition coefficient (Wildman–Crippen LogP) is 8.02. The SMILES string of the molecule is CCCCC1CCC(CCC2CCC(c3cc(F)cc(F)c3)CC2)CC1. The van der Waals surface area contributed by atoms with Crippen molar-refractivity contribution in [1.29, 1.82) is 0 Å². The average molecular weight is 363 g/mol. The summed E-state index contributed by atoms with van der Waals surface area (Å²) in [5.41, 5.74) is 0.867. The maximum atomic E-state index is 13.4. The molecule has 146 valence electrons. The Kier molecular flexibility index (Phi) is 7.52. The molecule has 0 spiro atoms. The Balaban J connectivity index is 1.36. The number of benzene rings is 1. The lowest BCUT2D eigenvalue weighted by Gasteiger charge is -2.32. The zero-order chi connectivity index (χ0) is 18.4. The van der Waals surface area contributed by atoms with Gasteiger partial charge in [0, 0.05) is 6.07 Å². The van der Waals surface area contributed by atoms with Crippen molar-refractivity contribution in [3.63, 3.8) is 0 Å². The van der Waals surface area contributed by atoms with Gasteiger partial charge in [-0.3, -0.25) is 0 Å². The van der Waals surface area contributed by atoms with E-state index in [0.717, 1.165) is 42.2 Å². The summed E-state index contributed by atoms with van der Waals surface area (Å²) in [6.45, 7) is 2.30. The molecular weight excluding hydrogens is 326 g/mol. The molecule has 0 radical (unpaired) electrons. The highest BCUT2D eigenvalue weighted by Crippen LogP contribution is 2.40. The van der Waals surface area contributed by atoms with Gasteiger partial charge in [0.15, 0.2) is 0 Å². The quantitative estimate of drug-likeness (QED) is 0.460. The van der Waals surface area contributed by atoms with Gasteiger partial charge in [-0.2, -0.15) is 0 Å². The first-order valence-corrected chi connectivity index (χ1v) is 11.1. The summed E-state index contributed by atoms with van der Waals surface area (Å²) >= 11 is 0. The first-order valence-electron chi connectivity index (χ1n) is 11.1. The molecule has 0 bridgehead atoms. The van der Waals surface area contributed by atoms with Crippen LogP contribution in [0.3, 0.4) is 0 Å². The molecular formula is C24H36F2. The summed E-state index contributed by atoms with van der Waals surface area (Å²) in [6.07, 6.45) is 17.5. The summed E-state index contributed by atoms with van der Waals surface area (Å²) in [6, 6.07) is 4.04. The molecule has 0 heterocycles. The van der Waals surface area contributed by atoms with Gasteiger partial charge in [0.05, 0.1) is 0 Å². The van der Waals surface area contributed by atoms with Gasteiger partial charge < -0.3 is 0 Å². The van der Waals surface area contributed by atoms with Crippen LogP contribution in [0.2, 0.25) is 0 Å². The van der Waals surface area contributed by atoms with Crippen molar-refractivity contribution < 1.29 is 8.78 Å². The van der Waals surface area contributed by atoms with E-state index in [1.807, 2.05) is 0 Å². The van der Waals surface area contributed by atoms with Gasteiger partial charge in [0.25, 0.3) is 0 Å². The topological polar surface area (TPSA) is 0 Å². The minimum atomic E-state index is -0.434. The van der Waals surface area contributed by atoms with Crippen molar-refractivity contribution in [1.82, 2.24) is 0 Å². The normalized spacial score (nSPS) is 29.7. The van der Waals surface area contributed by atoms with Crippen molar-refractivity contribution in [2.24, 2.45) is 17.8 Å². The van der Waals surface area contributed by atoms with E-state index in [0.29, 0.717) is 5.92 Å². The van der Waals surface area contributed by atoms with E-state index in [1.54, 1.807) is 0 Å². The standard InChI is InChI=1S/C24H36F2/c1-2-3-4-18-5-7-19(8-6-18)9-10-20-11-13-21(14-12-20)22-15-23(25)17-24(26)16-22/h15-21H,2-14H2,1H3. The van der Waals surface area contributed by atoms with Crippen LogP contribution in [-0.2, 0) is 0 Å². The summed E-state index contributed by atoms with van der Waals surface area (Å²) in [5, 5.41) is 0. The Morgan fingerprint density at radius 2 is 1.15 bits per heavy atom. The largest absolute Gasteiger partial charge is 0.207 e. The molecule has 0 unspecified atom stereocenters. The molecule has 0 saturated heterocycles. The molecule has 2 heteroatoms. The minimum absolute atomic E-state index is 0.352. The highest BCUT2D eigenvalue weighted by Gasteiger charge is 2.25. The summed E-state index contributed by atoms with van der Waals surface area (Å²) in [4.78, 5) is 0. The van der Waals surface area contributed by atoms with Crippen LogP contribution >= 0.6 is 0 Å². The Morgan fingerprint density at radius 3 is 1.65 bits per heavy atom. The van der Waals surface area contributed by atoms with E-state index < -0.39 is 11.6 Å². The molecule has 2 aliphatic carbocycles. The van der Waals surface area contributed by atoms with Crippen LogP contribution in [0.1, 0.15) is 102 Å². The molecule has 0 nitrogen and oxygen atoms in total. The zero-order valence-electron chi connectivity index (χ0n) is 16.5. The van der Waals surface area contributed by atoms with Crippen LogP contribution in [0.4, 0.5) is 8.78 Å².